The molecule has 0 spiro atoms. The Bertz CT molecular complexity index is 731. The van der Waals surface area contributed by atoms with Gasteiger partial charge in [0, 0.05) is 13.2 Å². The highest BCUT2D eigenvalue weighted by molar-refractivity contribution is 7.88. The summed E-state index contributed by atoms with van der Waals surface area (Å²) in [6, 6.07) is 6.53. The Morgan fingerprint density at radius 2 is 2.08 bits per heavy atom. The van der Waals surface area contributed by atoms with E-state index in [4.69, 9.17) is 9.47 Å². The summed E-state index contributed by atoms with van der Waals surface area (Å²) in [5.74, 6) is 0.247. The van der Waals surface area contributed by atoms with Gasteiger partial charge in [0.05, 0.1) is 18.0 Å². The second-order valence-electron chi connectivity index (χ2n) is 6.82. The molecule has 2 aliphatic rings. The van der Waals surface area contributed by atoms with Gasteiger partial charge in [0.1, 0.15) is 18.4 Å². The van der Waals surface area contributed by atoms with Crippen LogP contribution in [-0.2, 0) is 19.6 Å². The molecule has 0 aliphatic carbocycles. The number of nitrogens with zero attached hydrogens (tertiary/aromatic N) is 1. The van der Waals surface area contributed by atoms with Crippen molar-refractivity contribution in [3.05, 3.63) is 24.3 Å². The highest BCUT2D eigenvalue weighted by atomic mass is 32.2. The van der Waals surface area contributed by atoms with E-state index in [2.05, 4.69) is 5.32 Å². The smallest absolute Gasteiger partial charge is 0.242 e. The third-order valence-corrected chi connectivity index (χ3v) is 6.06. The van der Waals surface area contributed by atoms with Crippen LogP contribution >= 0.6 is 0 Å². The molecule has 2 saturated heterocycles. The van der Waals surface area contributed by atoms with E-state index < -0.39 is 16.1 Å². The first-order valence-electron chi connectivity index (χ1n) is 9.06. The van der Waals surface area contributed by atoms with Crippen LogP contribution in [0.4, 0.5) is 5.69 Å². The van der Waals surface area contributed by atoms with Crippen molar-refractivity contribution in [3.63, 3.8) is 0 Å². The standard InChI is InChI=1S/C18H26N2O5S/c1-26(22,23)20-11-6-9-16(20)18(21)19-15-8-2-3-10-17(15)25-13-14-7-4-5-12-24-14/h2-3,8,10,14,16H,4-7,9,11-13H2,1H3,(H,19,21). The highest BCUT2D eigenvalue weighted by Gasteiger charge is 2.36. The number of rotatable bonds is 6. The number of benzene rings is 1. The number of sulfonamides is 1. The van der Waals surface area contributed by atoms with Crippen LogP contribution in [-0.4, -0.2) is 56.8 Å². The second-order valence-corrected chi connectivity index (χ2v) is 8.75. The van der Waals surface area contributed by atoms with E-state index in [1.807, 2.05) is 12.1 Å². The van der Waals surface area contributed by atoms with E-state index in [9.17, 15) is 13.2 Å². The molecule has 0 radical (unpaired) electrons. The molecular formula is C18H26N2O5S. The van der Waals surface area contributed by atoms with Crippen LogP contribution in [0.5, 0.6) is 5.75 Å². The summed E-state index contributed by atoms with van der Waals surface area (Å²) in [6.45, 7) is 1.58. The monoisotopic (exact) mass is 382 g/mol. The Kier molecular flexibility index (Phi) is 6.16. The van der Waals surface area contributed by atoms with Crippen LogP contribution in [0, 0.1) is 0 Å². The fraction of sp³-hybridized carbons (Fsp3) is 0.611. The minimum atomic E-state index is -3.40. The lowest BCUT2D eigenvalue weighted by molar-refractivity contribution is -0.119. The summed E-state index contributed by atoms with van der Waals surface area (Å²) in [7, 11) is -3.40. The number of anilines is 1. The first-order valence-corrected chi connectivity index (χ1v) is 10.9. The van der Waals surface area contributed by atoms with Crippen LogP contribution in [0.2, 0.25) is 0 Å². The lowest BCUT2D eigenvalue weighted by Gasteiger charge is -2.24. The largest absolute Gasteiger partial charge is 0.489 e. The quantitative estimate of drug-likeness (QED) is 0.813. The zero-order valence-corrected chi connectivity index (χ0v) is 15.8. The fourth-order valence-corrected chi connectivity index (χ4v) is 4.56. The Hall–Kier alpha value is -1.64. The number of carbonyl (C=O) groups is 1. The van der Waals surface area contributed by atoms with Crippen LogP contribution in [0.3, 0.4) is 0 Å². The van der Waals surface area contributed by atoms with Gasteiger partial charge in [-0.2, -0.15) is 4.31 Å². The maximum absolute atomic E-state index is 12.6. The van der Waals surface area contributed by atoms with Crippen LogP contribution < -0.4 is 10.1 Å². The summed E-state index contributed by atoms with van der Waals surface area (Å²) < 4.78 is 36.5. The molecule has 0 aromatic heterocycles. The predicted octanol–water partition coefficient (Wildman–Crippen LogP) is 2.00. The second kappa shape index (κ2) is 8.37. The van der Waals surface area contributed by atoms with Gasteiger partial charge >= 0.3 is 0 Å². The SMILES string of the molecule is CS(=O)(=O)N1CCCC1C(=O)Nc1ccccc1OCC1CCCCO1. The molecule has 2 aliphatic heterocycles. The molecule has 2 fully saturated rings. The number of carbonyl (C=O) groups excluding carboxylic acids is 1. The van der Waals surface area contributed by atoms with E-state index in [1.54, 1.807) is 12.1 Å². The van der Waals surface area contributed by atoms with Crippen molar-refractivity contribution in [2.24, 2.45) is 0 Å². The van der Waals surface area contributed by atoms with Crippen LogP contribution in [0.15, 0.2) is 24.3 Å². The zero-order valence-electron chi connectivity index (χ0n) is 15.0. The number of hydrogen-bond donors (Lipinski definition) is 1. The molecular weight excluding hydrogens is 356 g/mol. The number of para-hydroxylation sites is 2. The van der Waals surface area contributed by atoms with Gasteiger partial charge in [0.15, 0.2) is 0 Å². The average molecular weight is 382 g/mol. The van der Waals surface area contributed by atoms with E-state index >= 15 is 0 Å². The summed E-state index contributed by atoms with van der Waals surface area (Å²) in [6.07, 6.45) is 5.61. The summed E-state index contributed by atoms with van der Waals surface area (Å²) in [5.41, 5.74) is 0.550. The molecule has 0 saturated carbocycles. The van der Waals surface area contributed by atoms with Crippen molar-refractivity contribution in [3.8, 4) is 5.75 Å². The van der Waals surface area contributed by atoms with Crippen LogP contribution in [0.25, 0.3) is 0 Å². The number of nitrogens with one attached hydrogen (secondary N) is 1. The van der Waals surface area contributed by atoms with E-state index in [1.165, 1.54) is 4.31 Å². The maximum atomic E-state index is 12.6. The molecule has 2 unspecified atom stereocenters. The van der Waals surface area contributed by atoms with Crippen molar-refractivity contribution in [2.75, 3.05) is 31.3 Å². The van der Waals surface area contributed by atoms with Gasteiger partial charge in [-0.15, -0.1) is 0 Å². The lowest BCUT2D eigenvalue weighted by atomic mass is 10.1. The minimum Gasteiger partial charge on any atom is -0.489 e. The van der Waals surface area contributed by atoms with Gasteiger partial charge in [-0.25, -0.2) is 8.42 Å². The summed E-state index contributed by atoms with van der Waals surface area (Å²) >= 11 is 0. The third kappa shape index (κ3) is 4.75. The fourth-order valence-electron chi connectivity index (χ4n) is 3.43. The maximum Gasteiger partial charge on any atom is 0.242 e. The molecule has 1 aromatic rings. The van der Waals surface area contributed by atoms with Gasteiger partial charge in [-0.1, -0.05) is 12.1 Å². The molecule has 3 rings (SSSR count). The van der Waals surface area contributed by atoms with Crippen molar-refractivity contribution in [1.82, 2.24) is 4.31 Å². The van der Waals surface area contributed by atoms with Gasteiger partial charge < -0.3 is 14.8 Å². The number of amides is 1. The van der Waals surface area contributed by atoms with E-state index in [0.717, 1.165) is 32.1 Å². The molecule has 0 bridgehead atoms. The normalized spacial score (nSPS) is 24.3. The van der Waals surface area contributed by atoms with Crippen LogP contribution in [0.1, 0.15) is 32.1 Å². The molecule has 144 valence electrons. The Morgan fingerprint density at radius 3 is 2.81 bits per heavy atom. The number of hydrogen-bond acceptors (Lipinski definition) is 5. The summed E-state index contributed by atoms with van der Waals surface area (Å²) in [5, 5.41) is 2.83. The highest BCUT2D eigenvalue weighted by Crippen LogP contribution is 2.27. The number of ether oxygens (including phenoxy) is 2. The van der Waals surface area contributed by atoms with Crippen molar-refractivity contribution in [2.45, 2.75) is 44.2 Å². The molecule has 26 heavy (non-hydrogen) atoms. The molecule has 7 nitrogen and oxygen atoms in total. The lowest BCUT2D eigenvalue weighted by Crippen LogP contribution is -2.42. The topological polar surface area (TPSA) is 84.9 Å². The van der Waals surface area contributed by atoms with E-state index in [-0.39, 0.29) is 12.0 Å². The predicted molar refractivity (Wildman–Crippen MR) is 98.7 cm³/mol. The van der Waals surface area contributed by atoms with E-state index in [0.29, 0.717) is 37.4 Å². The molecule has 1 aromatic carbocycles. The zero-order chi connectivity index (χ0) is 18.6. The van der Waals surface area contributed by atoms with Crippen molar-refractivity contribution < 1.29 is 22.7 Å². The first-order chi connectivity index (χ1) is 12.4. The molecule has 1 amide bonds. The Morgan fingerprint density at radius 1 is 1.27 bits per heavy atom. The van der Waals surface area contributed by atoms with Crippen molar-refractivity contribution >= 4 is 21.6 Å². The van der Waals surface area contributed by atoms with Gasteiger partial charge in [-0.05, 0) is 44.2 Å². The van der Waals surface area contributed by atoms with Gasteiger partial charge in [-0.3, -0.25) is 4.79 Å². The molecule has 2 atom stereocenters. The first kappa shape index (κ1) is 19.1. The molecule has 1 N–H and O–H groups in total. The van der Waals surface area contributed by atoms with Crippen molar-refractivity contribution in [1.29, 1.82) is 0 Å². The average Bonchev–Trinajstić information content (AvgIpc) is 3.12. The minimum absolute atomic E-state index is 0.0723. The Balaban J connectivity index is 1.65. The third-order valence-electron chi connectivity index (χ3n) is 4.78. The summed E-state index contributed by atoms with van der Waals surface area (Å²) in [4.78, 5) is 12.6. The Labute approximate surface area is 154 Å². The van der Waals surface area contributed by atoms with Gasteiger partial charge in [0.25, 0.3) is 0 Å². The molecule has 8 heteroatoms. The van der Waals surface area contributed by atoms with Gasteiger partial charge in [0.2, 0.25) is 15.9 Å². The molecule has 2 heterocycles.